The van der Waals surface area contributed by atoms with Crippen molar-refractivity contribution in [1.82, 2.24) is 15.5 Å². The molecule has 1 N–H and O–H groups in total. The van der Waals surface area contributed by atoms with Crippen molar-refractivity contribution in [3.63, 3.8) is 0 Å². The quantitative estimate of drug-likeness (QED) is 0.693. The number of hydrogen-bond acceptors (Lipinski definition) is 6. The third-order valence-electron chi connectivity index (χ3n) is 5.14. The molecular weight excluding hydrogens is 368 g/mol. The predicted octanol–water partition coefficient (Wildman–Crippen LogP) is 3.28. The highest BCUT2D eigenvalue weighted by Crippen LogP contribution is 2.24. The Labute approximate surface area is 169 Å². The third-order valence-corrected chi connectivity index (χ3v) is 5.14. The molecule has 0 bridgehead atoms. The van der Waals surface area contributed by atoms with Crippen LogP contribution in [0.15, 0.2) is 59.2 Å². The summed E-state index contributed by atoms with van der Waals surface area (Å²) in [5.74, 6) is 2.26. The topological polar surface area (TPSA) is 80.5 Å². The van der Waals surface area contributed by atoms with Crippen LogP contribution >= 0.6 is 0 Å². The summed E-state index contributed by atoms with van der Waals surface area (Å²) in [6.07, 6.45) is 3.43. The number of rotatable bonds is 6. The summed E-state index contributed by atoms with van der Waals surface area (Å²) in [6.45, 7) is 2.00. The van der Waals surface area contributed by atoms with Crippen molar-refractivity contribution < 1.29 is 13.9 Å². The van der Waals surface area contributed by atoms with Gasteiger partial charge >= 0.3 is 0 Å². The Morgan fingerprint density at radius 1 is 1.24 bits per heavy atom. The molecule has 1 aliphatic heterocycles. The molecule has 1 amide bonds. The normalized spacial score (nSPS) is 16.4. The van der Waals surface area contributed by atoms with E-state index < -0.39 is 0 Å². The fourth-order valence-electron chi connectivity index (χ4n) is 3.56. The van der Waals surface area contributed by atoms with E-state index in [4.69, 9.17) is 9.15 Å². The van der Waals surface area contributed by atoms with Crippen molar-refractivity contribution in [2.75, 3.05) is 25.1 Å². The number of carbonyl (C=O) groups is 1. The van der Waals surface area contributed by atoms with Crippen LogP contribution in [0, 0.1) is 5.92 Å². The summed E-state index contributed by atoms with van der Waals surface area (Å²) >= 11 is 0. The molecule has 29 heavy (non-hydrogen) atoms. The van der Waals surface area contributed by atoms with Crippen molar-refractivity contribution in [2.45, 2.75) is 19.4 Å². The van der Waals surface area contributed by atoms with E-state index in [0.717, 1.165) is 36.5 Å². The van der Waals surface area contributed by atoms with Crippen molar-refractivity contribution in [2.24, 2.45) is 5.92 Å². The number of hydrogen-bond donors (Lipinski definition) is 1. The van der Waals surface area contributed by atoms with Gasteiger partial charge in [-0.05, 0) is 54.8 Å². The van der Waals surface area contributed by atoms with E-state index >= 15 is 0 Å². The zero-order chi connectivity index (χ0) is 20.1. The van der Waals surface area contributed by atoms with Gasteiger partial charge in [0.2, 0.25) is 5.91 Å². The molecule has 3 aromatic rings. The van der Waals surface area contributed by atoms with Crippen molar-refractivity contribution >= 4 is 11.7 Å². The SMILES string of the molecule is COc1cccc(CNC(=O)C2CCCN(c3ccc(-c4ccco4)nn3)C2)c1. The highest BCUT2D eigenvalue weighted by Gasteiger charge is 2.26. The van der Waals surface area contributed by atoms with Crippen molar-refractivity contribution in [1.29, 1.82) is 0 Å². The van der Waals surface area contributed by atoms with Gasteiger partial charge in [-0.1, -0.05) is 12.1 Å². The molecule has 1 saturated heterocycles. The number of aromatic nitrogens is 2. The summed E-state index contributed by atoms with van der Waals surface area (Å²) in [7, 11) is 1.64. The zero-order valence-electron chi connectivity index (χ0n) is 16.4. The summed E-state index contributed by atoms with van der Waals surface area (Å²) in [6, 6.07) is 15.2. The number of anilines is 1. The average Bonchev–Trinajstić information content (AvgIpc) is 3.33. The van der Waals surface area contributed by atoms with Crippen LogP contribution in [0.1, 0.15) is 18.4 Å². The molecule has 3 heterocycles. The van der Waals surface area contributed by atoms with Gasteiger partial charge in [0.25, 0.3) is 0 Å². The van der Waals surface area contributed by atoms with Gasteiger partial charge in [-0.3, -0.25) is 4.79 Å². The predicted molar refractivity (Wildman–Crippen MR) is 110 cm³/mol. The van der Waals surface area contributed by atoms with Crippen LogP contribution in [0.2, 0.25) is 0 Å². The molecule has 1 aliphatic rings. The lowest BCUT2D eigenvalue weighted by molar-refractivity contribution is -0.125. The van der Waals surface area contributed by atoms with Crippen LogP contribution in [0.4, 0.5) is 5.82 Å². The molecule has 7 nitrogen and oxygen atoms in total. The van der Waals surface area contributed by atoms with E-state index in [1.165, 1.54) is 0 Å². The fraction of sp³-hybridized carbons (Fsp3) is 0.318. The van der Waals surface area contributed by atoms with Gasteiger partial charge in [-0.2, -0.15) is 0 Å². The highest BCUT2D eigenvalue weighted by atomic mass is 16.5. The van der Waals surface area contributed by atoms with Gasteiger partial charge in [0, 0.05) is 19.6 Å². The molecule has 1 fully saturated rings. The number of furan rings is 1. The van der Waals surface area contributed by atoms with Gasteiger partial charge in [0.1, 0.15) is 11.4 Å². The maximum Gasteiger partial charge on any atom is 0.225 e. The van der Waals surface area contributed by atoms with E-state index in [2.05, 4.69) is 20.4 Å². The van der Waals surface area contributed by atoms with Crippen LogP contribution in [-0.2, 0) is 11.3 Å². The van der Waals surface area contributed by atoms with Gasteiger partial charge < -0.3 is 19.4 Å². The number of benzene rings is 1. The first-order valence-electron chi connectivity index (χ1n) is 9.76. The van der Waals surface area contributed by atoms with E-state index in [1.54, 1.807) is 13.4 Å². The number of nitrogens with one attached hydrogen (secondary N) is 1. The zero-order valence-corrected chi connectivity index (χ0v) is 16.4. The monoisotopic (exact) mass is 392 g/mol. The van der Waals surface area contributed by atoms with Crippen LogP contribution in [0.25, 0.3) is 11.5 Å². The summed E-state index contributed by atoms with van der Waals surface area (Å²) < 4.78 is 10.6. The lowest BCUT2D eigenvalue weighted by Gasteiger charge is -2.32. The lowest BCUT2D eigenvalue weighted by Crippen LogP contribution is -2.43. The number of ether oxygens (including phenoxy) is 1. The molecule has 150 valence electrons. The Morgan fingerprint density at radius 2 is 2.17 bits per heavy atom. The van der Waals surface area contributed by atoms with Crippen LogP contribution in [-0.4, -0.2) is 36.3 Å². The molecule has 0 aliphatic carbocycles. The van der Waals surface area contributed by atoms with E-state index in [0.29, 0.717) is 24.5 Å². The highest BCUT2D eigenvalue weighted by molar-refractivity contribution is 5.79. The van der Waals surface area contributed by atoms with Gasteiger partial charge in [-0.25, -0.2) is 0 Å². The molecule has 0 radical (unpaired) electrons. The Morgan fingerprint density at radius 3 is 2.93 bits per heavy atom. The van der Waals surface area contributed by atoms with Crippen LogP contribution in [0.5, 0.6) is 5.75 Å². The molecule has 7 heteroatoms. The largest absolute Gasteiger partial charge is 0.497 e. The van der Waals surface area contributed by atoms with Gasteiger partial charge in [-0.15, -0.1) is 10.2 Å². The van der Waals surface area contributed by atoms with Crippen molar-refractivity contribution in [3.8, 4) is 17.2 Å². The molecule has 0 spiro atoms. The molecule has 1 atom stereocenters. The first-order valence-corrected chi connectivity index (χ1v) is 9.76. The minimum absolute atomic E-state index is 0.0673. The van der Waals surface area contributed by atoms with E-state index in [9.17, 15) is 4.79 Å². The van der Waals surface area contributed by atoms with E-state index in [1.807, 2.05) is 48.5 Å². The lowest BCUT2D eigenvalue weighted by atomic mass is 9.97. The number of carbonyl (C=O) groups excluding carboxylic acids is 1. The Balaban J connectivity index is 1.35. The second kappa shape index (κ2) is 8.77. The maximum atomic E-state index is 12.7. The minimum atomic E-state index is -0.0686. The Kier molecular flexibility index (Phi) is 5.74. The number of amides is 1. The summed E-state index contributed by atoms with van der Waals surface area (Å²) in [4.78, 5) is 14.8. The molecular formula is C22H24N4O3. The number of nitrogens with zero attached hydrogens (tertiary/aromatic N) is 3. The Bertz CT molecular complexity index is 941. The molecule has 4 rings (SSSR count). The third kappa shape index (κ3) is 4.56. The van der Waals surface area contributed by atoms with E-state index in [-0.39, 0.29) is 11.8 Å². The number of piperidine rings is 1. The minimum Gasteiger partial charge on any atom is -0.497 e. The second-order valence-corrected chi connectivity index (χ2v) is 7.11. The molecule has 1 aromatic carbocycles. The first-order chi connectivity index (χ1) is 14.2. The standard InChI is InChI=1S/C22H24N4O3/c1-28-18-7-2-5-16(13-18)14-23-22(27)17-6-3-11-26(15-17)21-10-9-19(24-25-21)20-8-4-12-29-20/h2,4-5,7-10,12-13,17H,3,6,11,14-15H2,1H3,(H,23,27). The number of methoxy groups -OCH3 is 1. The molecule has 2 aromatic heterocycles. The van der Waals surface area contributed by atoms with Crippen LogP contribution in [0.3, 0.4) is 0 Å². The first kappa shape index (κ1) is 19.0. The average molecular weight is 392 g/mol. The summed E-state index contributed by atoms with van der Waals surface area (Å²) in [5, 5.41) is 11.6. The smallest absolute Gasteiger partial charge is 0.225 e. The van der Waals surface area contributed by atoms with Crippen LogP contribution < -0.4 is 15.0 Å². The molecule has 1 unspecified atom stereocenters. The summed E-state index contributed by atoms with van der Waals surface area (Å²) in [5.41, 5.74) is 1.72. The van der Waals surface area contributed by atoms with Gasteiger partial charge in [0.05, 0.1) is 19.3 Å². The van der Waals surface area contributed by atoms with Crippen molar-refractivity contribution in [3.05, 3.63) is 60.4 Å². The second-order valence-electron chi connectivity index (χ2n) is 7.11. The van der Waals surface area contributed by atoms with Gasteiger partial charge in [0.15, 0.2) is 11.6 Å². The molecule has 0 saturated carbocycles. The Hall–Kier alpha value is -3.35. The maximum absolute atomic E-state index is 12.7. The fourth-order valence-corrected chi connectivity index (χ4v) is 3.56.